The Morgan fingerprint density at radius 1 is 1.02 bits per heavy atom. The number of halogens is 1. The van der Waals surface area contributed by atoms with Gasteiger partial charge in [-0.1, -0.05) is 66.6 Å². The Kier molecular flexibility index (Phi) is 10.6. The van der Waals surface area contributed by atoms with E-state index in [1.165, 1.54) is 4.31 Å². The number of amides is 1. The fraction of sp³-hybridized carbons (Fsp3) is 0.387. The highest BCUT2D eigenvalue weighted by Crippen LogP contribution is 2.30. The molecule has 2 unspecified atom stereocenters. The molecule has 0 spiro atoms. The number of carbonyl (C=O) groups is 1. The summed E-state index contributed by atoms with van der Waals surface area (Å²) in [6.07, 6.45) is 4.67. The number of para-hydroxylation sites is 1. The van der Waals surface area contributed by atoms with Crippen molar-refractivity contribution >= 4 is 27.5 Å². The van der Waals surface area contributed by atoms with Crippen LogP contribution in [0.25, 0.3) is 11.1 Å². The van der Waals surface area contributed by atoms with Crippen LogP contribution in [0.5, 0.6) is 5.75 Å². The van der Waals surface area contributed by atoms with Gasteiger partial charge in [-0.25, -0.2) is 8.42 Å². The lowest BCUT2D eigenvalue weighted by Gasteiger charge is -2.29. The molecule has 1 aliphatic carbocycles. The Hall–Kier alpha value is -2.91. The van der Waals surface area contributed by atoms with Crippen LogP contribution in [-0.2, 0) is 21.2 Å². The van der Waals surface area contributed by atoms with Crippen molar-refractivity contribution in [3.63, 3.8) is 0 Å². The van der Waals surface area contributed by atoms with E-state index in [1.807, 2.05) is 42.5 Å². The Labute approximate surface area is 242 Å². The first kappa shape index (κ1) is 30.1. The van der Waals surface area contributed by atoms with Gasteiger partial charge in [-0.15, -0.1) is 0 Å². The SMILES string of the molecule is COc1ccccc1CCN(CC(=O)NCC1CCCC(CN)C1)S(=O)(=O)c1ccc(-c2ccccc2Cl)cc1. The van der Waals surface area contributed by atoms with Gasteiger partial charge in [0.25, 0.3) is 0 Å². The van der Waals surface area contributed by atoms with E-state index in [9.17, 15) is 13.2 Å². The summed E-state index contributed by atoms with van der Waals surface area (Å²) in [7, 11) is -2.38. The number of nitrogens with one attached hydrogen (secondary N) is 1. The maximum atomic E-state index is 13.8. The molecule has 3 N–H and O–H groups in total. The third kappa shape index (κ3) is 7.63. The molecule has 0 bridgehead atoms. The van der Waals surface area contributed by atoms with Crippen LogP contribution in [0.2, 0.25) is 5.02 Å². The molecule has 0 aromatic heterocycles. The van der Waals surface area contributed by atoms with E-state index >= 15 is 0 Å². The first-order chi connectivity index (χ1) is 19.3. The molecule has 3 aromatic rings. The van der Waals surface area contributed by atoms with Crippen molar-refractivity contribution in [1.29, 1.82) is 0 Å². The number of methoxy groups -OCH3 is 1. The van der Waals surface area contributed by atoms with Gasteiger partial charge in [0.1, 0.15) is 5.75 Å². The summed E-state index contributed by atoms with van der Waals surface area (Å²) in [5, 5.41) is 3.57. The smallest absolute Gasteiger partial charge is 0.243 e. The average Bonchev–Trinajstić information content (AvgIpc) is 2.98. The van der Waals surface area contributed by atoms with Gasteiger partial charge in [0, 0.05) is 23.7 Å². The van der Waals surface area contributed by atoms with Crippen molar-refractivity contribution in [2.75, 3.05) is 33.3 Å². The Morgan fingerprint density at radius 3 is 2.45 bits per heavy atom. The second-order valence-corrected chi connectivity index (χ2v) is 12.7. The van der Waals surface area contributed by atoms with Crippen molar-refractivity contribution in [2.45, 2.75) is 37.0 Å². The fourth-order valence-corrected chi connectivity index (χ4v) is 7.01. The van der Waals surface area contributed by atoms with E-state index in [2.05, 4.69) is 5.32 Å². The number of nitrogens with two attached hydrogens (primary N) is 1. The molecule has 40 heavy (non-hydrogen) atoms. The van der Waals surface area contributed by atoms with Crippen LogP contribution in [0, 0.1) is 11.8 Å². The molecule has 1 fully saturated rings. The van der Waals surface area contributed by atoms with E-state index in [-0.39, 0.29) is 23.9 Å². The van der Waals surface area contributed by atoms with Gasteiger partial charge >= 0.3 is 0 Å². The molecule has 9 heteroatoms. The minimum absolute atomic E-state index is 0.120. The topological polar surface area (TPSA) is 102 Å². The zero-order valence-electron chi connectivity index (χ0n) is 22.9. The number of hydrogen-bond acceptors (Lipinski definition) is 5. The molecular formula is C31H38ClN3O4S. The van der Waals surface area contributed by atoms with E-state index in [0.717, 1.165) is 42.4 Å². The summed E-state index contributed by atoms with van der Waals surface area (Å²) in [5.74, 6) is 1.22. The second-order valence-electron chi connectivity index (χ2n) is 10.3. The lowest BCUT2D eigenvalue weighted by molar-refractivity contribution is -0.121. The molecule has 4 rings (SSSR count). The minimum atomic E-state index is -3.97. The Balaban J connectivity index is 1.51. The van der Waals surface area contributed by atoms with Crippen molar-refractivity contribution in [1.82, 2.24) is 9.62 Å². The van der Waals surface area contributed by atoms with Gasteiger partial charge in [-0.3, -0.25) is 4.79 Å². The molecule has 0 radical (unpaired) electrons. The minimum Gasteiger partial charge on any atom is -0.496 e. The zero-order chi connectivity index (χ0) is 28.5. The van der Waals surface area contributed by atoms with Crippen LogP contribution in [0.15, 0.2) is 77.7 Å². The van der Waals surface area contributed by atoms with Gasteiger partial charge in [0.05, 0.1) is 18.6 Å². The molecule has 214 valence electrons. The molecule has 1 amide bonds. The number of sulfonamides is 1. The van der Waals surface area contributed by atoms with Crippen LogP contribution < -0.4 is 15.8 Å². The summed E-state index contributed by atoms with van der Waals surface area (Å²) in [6.45, 7) is 1.05. The quantitative estimate of drug-likeness (QED) is 0.308. The number of hydrogen-bond donors (Lipinski definition) is 2. The van der Waals surface area contributed by atoms with Crippen molar-refractivity contribution in [3.05, 3.63) is 83.4 Å². The monoisotopic (exact) mass is 583 g/mol. The van der Waals surface area contributed by atoms with Crippen molar-refractivity contribution < 1.29 is 17.9 Å². The van der Waals surface area contributed by atoms with Gasteiger partial charge < -0.3 is 15.8 Å². The van der Waals surface area contributed by atoms with Crippen LogP contribution >= 0.6 is 11.6 Å². The highest BCUT2D eigenvalue weighted by molar-refractivity contribution is 7.89. The predicted molar refractivity (Wildman–Crippen MR) is 160 cm³/mol. The normalized spacial score (nSPS) is 17.5. The molecule has 2 atom stereocenters. The summed E-state index contributed by atoms with van der Waals surface area (Å²) in [6, 6.07) is 21.5. The maximum Gasteiger partial charge on any atom is 0.243 e. The van der Waals surface area contributed by atoms with Crippen molar-refractivity contribution in [2.24, 2.45) is 17.6 Å². The highest BCUT2D eigenvalue weighted by atomic mass is 35.5. The highest BCUT2D eigenvalue weighted by Gasteiger charge is 2.28. The van der Waals surface area contributed by atoms with Gasteiger partial charge in [-0.05, 0) is 79.5 Å². The first-order valence-electron chi connectivity index (χ1n) is 13.8. The number of ether oxygens (including phenoxy) is 1. The summed E-state index contributed by atoms with van der Waals surface area (Å²) < 4.78 is 34.3. The molecule has 1 saturated carbocycles. The van der Waals surface area contributed by atoms with Gasteiger partial charge in [0.15, 0.2) is 0 Å². The van der Waals surface area contributed by atoms with E-state index in [0.29, 0.717) is 42.1 Å². The molecule has 1 aliphatic rings. The van der Waals surface area contributed by atoms with Crippen LogP contribution in [0.3, 0.4) is 0 Å². The largest absolute Gasteiger partial charge is 0.496 e. The number of carbonyl (C=O) groups excluding carboxylic acids is 1. The molecular weight excluding hydrogens is 546 g/mol. The lowest BCUT2D eigenvalue weighted by Crippen LogP contribution is -2.43. The van der Waals surface area contributed by atoms with E-state index in [1.54, 1.807) is 37.4 Å². The predicted octanol–water partition coefficient (Wildman–Crippen LogP) is 5.13. The Bertz CT molecular complexity index is 1380. The van der Waals surface area contributed by atoms with E-state index in [4.69, 9.17) is 22.1 Å². The standard InChI is InChI=1S/C31H38ClN3O4S/c1-39-30-12-5-2-9-26(30)17-18-35(22-31(36)34-21-24-8-6-7-23(19-24)20-33)40(37,38)27-15-13-25(14-16-27)28-10-3-4-11-29(28)32/h2-5,9-16,23-24H,6-8,17-22,33H2,1H3,(H,34,36). The van der Waals surface area contributed by atoms with Gasteiger partial charge in [0.2, 0.25) is 15.9 Å². The third-order valence-electron chi connectivity index (χ3n) is 7.63. The Morgan fingerprint density at radius 2 is 1.73 bits per heavy atom. The molecule has 0 saturated heterocycles. The second kappa shape index (κ2) is 14.1. The van der Waals surface area contributed by atoms with Crippen molar-refractivity contribution in [3.8, 4) is 16.9 Å². The van der Waals surface area contributed by atoms with Crippen LogP contribution in [0.1, 0.15) is 31.2 Å². The number of benzene rings is 3. The zero-order valence-corrected chi connectivity index (χ0v) is 24.5. The molecule has 3 aromatic carbocycles. The molecule has 0 aliphatic heterocycles. The van der Waals surface area contributed by atoms with Crippen LogP contribution in [-0.4, -0.2) is 51.9 Å². The first-order valence-corrected chi connectivity index (χ1v) is 15.6. The summed E-state index contributed by atoms with van der Waals surface area (Å²) in [4.78, 5) is 13.2. The maximum absolute atomic E-state index is 13.8. The van der Waals surface area contributed by atoms with E-state index < -0.39 is 10.0 Å². The third-order valence-corrected chi connectivity index (χ3v) is 9.82. The average molecular weight is 584 g/mol. The van der Waals surface area contributed by atoms with Gasteiger partial charge in [-0.2, -0.15) is 4.31 Å². The number of rotatable bonds is 12. The van der Waals surface area contributed by atoms with Crippen LogP contribution in [0.4, 0.5) is 0 Å². The fourth-order valence-electron chi connectivity index (χ4n) is 5.37. The molecule has 0 heterocycles. The molecule has 7 nitrogen and oxygen atoms in total. The summed E-state index contributed by atoms with van der Waals surface area (Å²) >= 11 is 6.33. The lowest BCUT2D eigenvalue weighted by atomic mass is 9.81. The summed E-state index contributed by atoms with van der Waals surface area (Å²) in [5.41, 5.74) is 8.37. The number of nitrogens with zero attached hydrogens (tertiary/aromatic N) is 1.